The first-order valence-electron chi connectivity index (χ1n) is 8.83. The van der Waals surface area contributed by atoms with Gasteiger partial charge < -0.3 is 10.1 Å². The van der Waals surface area contributed by atoms with Crippen LogP contribution in [0.4, 0.5) is 0 Å². The van der Waals surface area contributed by atoms with Crippen molar-refractivity contribution >= 4 is 15.9 Å². The highest BCUT2D eigenvalue weighted by molar-refractivity contribution is 7.89. The van der Waals surface area contributed by atoms with Crippen molar-refractivity contribution in [1.29, 1.82) is 0 Å². The zero-order chi connectivity index (χ0) is 20.0. The van der Waals surface area contributed by atoms with Gasteiger partial charge in [0.1, 0.15) is 5.75 Å². The van der Waals surface area contributed by atoms with Crippen LogP contribution in [-0.2, 0) is 16.6 Å². The molecule has 1 amide bonds. The van der Waals surface area contributed by atoms with Crippen LogP contribution in [0.5, 0.6) is 5.75 Å². The van der Waals surface area contributed by atoms with E-state index in [9.17, 15) is 13.2 Å². The minimum absolute atomic E-state index is 0.0686. The predicted octanol–water partition coefficient (Wildman–Crippen LogP) is 3.09. The van der Waals surface area contributed by atoms with Crippen LogP contribution in [0.2, 0.25) is 0 Å². The summed E-state index contributed by atoms with van der Waals surface area (Å²) in [4.78, 5) is 12.4. The van der Waals surface area contributed by atoms with Crippen LogP contribution in [0.3, 0.4) is 0 Å². The van der Waals surface area contributed by atoms with E-state index < -0.39 is 10.0 Å². The van der Waals surface area contributed by atoms with Gasteiger partial charge in [-0.1, -0.05) is 18.2 Å². The Morgan fingerprint density at radius 2 is 1.70 bits per heavy atom. The summed E-state index contributed by atoms with van der Waals surface area (Å²) in [6.45, 7) is 7.73. The molecule has 0 heterocycles. The maximum atomic E-state index is 12.4. The van der Waals surface area contributed by atoms with Crippen LogP contribution in [0.15, 0.2) is 53.4 Å². The second-order valence-electron chi connectivity index (χ2n) is 6.80. The Morgan fingerprint density at radius 3 is 2.30 bits per heavy atom. The number of hydrogen-bond donors (Lipinski definition) is 2. The van der Waals surface area contributed by atoms with E-state index in [4.69, 9.17) is 4.74 Å². The third-order valence-electron chi connectivity index (χ3n) is 3.55. The van der Waals surface area contributed by atoms with E-state index in [1.54, 1.807) is 26.0 Å². The van der Waals surface area contributed by atoms with Crippen molar-refractivity contribution < 1.29 is 17.9 Å². The van der Waals surface area contributed by atoms with Gasteiger partial charge in [0.05, 0.1) is 11.0 Å². The Kier molecular flexibility index (Phi) is 6.98. The topological polar surface area (TPSA) is 84.5 Å². The van der Waals surface area contributed by atoms with Gasteiger partial charge in [0.2, 0.25) is 10.0 Å². The van der Waals surface area contributed by atoms with Crippen molar-refractivity contribution in [1.82, 2.24) is 10.0 Å². The normalized spacial score (nSPS) is 11.6. The van der Waals surface area contributed by atoms with Gasteiger partial charge in [0, 0.05) is 18.2 Å². The van der Waals surface area contributed by atoms with Crippen molar-refractivity contribution in [3.05, 3.63) is 59.7 Å². The third-order valence-corrected chi connectivity index (χ3v) is 5.20. The molecular formula is C20H26N2O4S. The number of carbonyl (C=O) groups excluding carboxylic acids is 1. The maximum absolute atomic E-state index is 12.4. The SMILES string of the molecule is CC(C)NS(=O)(=O)c1cccc(C(=O)NCc2ccc(OC(C)C)cc2)c1. The lowest BCUT2D eigenvalue weighted by molar-refractivity contribution is 0.0950. The van der Waals surface area contributed by atoms with Gasteiger partial charge in [-0.05, 0) is 63.6 Å². The average molecular weight is 391 g/mol. The molecule has 0 radical (unpaired) electrons. The molecule has 2 aromatic carbocycles. The molecule has 0 fully saturated rings. The molecule has 146 valence electrons. The third kappa shape index (κ3) is 6.37. The highest BCUT2D eigenvalue weighted by Gasteiger charge is 2.17. The predicted molar refractivity (Wildman–Crippen MR) is 105 cm³/mol. The highest BCUT2D eigenvalue weighted by Crippen LogP contribution is 2.15. The minimum atomic E-state index is -3.64. The summed E-state index contributed by atoms with van der Waals surface area (Å²) in [5, 5.41) is 2.80. The Labute approximate surface area is 161 Å². The monoisotopic (exact) mass is 390 g/mol. The first-order valence-corrected chi connectivity index (χ1v) is 10.3. The molecule has 0 aliphatic heterocycles. The number of ether oxygens (including phenoxy) is 1. The lowest BCUT2D eigenvalue weighted by Gasteiger charge is -2.12. The number of rotatable bonds is 8. The molecule has 7 heteroatoms. The molecule has 0 atom stereocenters. The largest absolute Gasteiger partial charge is 0.491 e. The molecule has 0 saturated heterocycles. The molecule has 0 aromatic heterocycles. The van der Waals surface area contributed by atoms with Gasteiger partial charge in [-0.25, -0.2) is 13.1 Å². The maximum Gasteiger partial charge on any atom is 0.251 e. The second kappa shape index (κ2) is 9.01. The van der Waals surface area contributed by atoms with Gasteiger partial charge in [-0.2, -0.15) is 0 Å². The highest BCUT2D eigenvalue weighted by atomic mass is 32.2. The molecule has 0 aliphatic rings. The zero-order valence-corrected chi connectivity index (χ0v) is 16.8. The van der Waals surface area contributed by atoms with E-state index in [1.807, 2.05) is 38.1 Å². The van der Waals surface area contributed by atoms with Gasteiger partial charge >= 0.3 is 0 Å². The summed E-state index contributed by atoms with van der Waals surface area (Å²) in [6, 6.07) is 13.2. The molecule has 0 bridgehead atoms. The fraction of sp³-hybridized carbons (Fsp3) is 0.350. The van der Waals surface area contributed by atoms with Crippen LogP contribution in [0, 0.1) is 0 Å². The summed E-state index contributed by atoms with van der Waals surface area (Å²) in [7, 11) is -3.64. The lowest BCUT2D eigenvalue weighted by atomic mass is 10.2. The van der Waals surface area contributed by atoms with E-state index in [0.717, 1.165) is 11.3 Å². The van der Waals surface area contributed by atoms with Crippen LogP contribution in [0.1, 0.15) is 43.6 Å². The molecule has 0 spiro atoms. The average Bonchev–Trinajstić information content (AvgIpc) is 2.59. The first kappa shape index (κ1) is 20.9. The fourth-order valence-corrected chi connectivity index (χ4v) is 3.72. The van der Waals surface area contributed by atoms with E-state index >= 15 is 0 Å². The molecule has 0 saturated carbocycles. The van der Waals surface area contributed by atoms with Crippen molar-refractivity contribution in [3.63, 3.8) is 0 Å². The summed E-state index contributed by atoms with van der Waals surface area (Å²) in [5.74, 6) is 0.440. The van der Waals surface area contributed by atoms with E-state index in [1.165, 1.54) is 12.1 Å². The number of sulfonamides is 1. The van der Waals surface area contributed by atoms with Gasteiger partial charge in [0.25, 0.3) is 5.91 Å². The molecule has 2 aromatic rings. The minimum Gasteiger partial charge on any atom is -0.491 e. The van der Waals surface area contributed by atoms with E-state index in [0.29, 0.717) is 12.1 Å². The van der Waals surface area contributed by atoms with Gasteiger partial charge in [-0.3, -0.25) is 4.79 Å². The number of hydrogen-bond acceptors (Lipinski definition) is 4. The Hall–Kier alpha value is -2.38. The zero-order valence-electron chi connectivity index (χ0n) is 16.0. The standard InChI is InChI=1S/C20H26N2O4S/c1-14(2)22-27(24,25)19-7-5-6-17(12-19)20(23)21-13-16-8-10-18(11-9-16)26-15(3)4/h5-12,14-15,22H,13H2,1-4H3,(H,21,23). The van der Waals surface area contributed by atoms with Crippen molar-refractivity contribution in [2.45, 2.75) is 51.3 Å². The van der Waals surface area contributed by atoms with E-state index in [-0.39, 0.29) is 22.9 Å². The summed E-state index contributed by atoms with van der Waals surface area (Å²) in [5.41, 5.74) is 1.21. The Morgan fingerprint density at radius 1 is 1.04 bits per heavy atom. The fourth-order valence-electron chi connectivity index (χ4n) is 2.43. The van der Waals surface area contributed by atoms with Crippen molar-refractivity contribution in [3.8, 4) is 5.75 Å². The smallest absolute Gasteiger partial charge is 0.251 e. The van der Waals surface area contributed by atoms with Crippen LogP contribution in [0.25, 0.3) is 0 Å². The summed E-state index contributed by atoms with van der Waals surface area (Å²) < 4.78 is 32.6. The van der Waals surface area contributed by atoms with Crippen LogP contribution >= 0.6 is 0 Å². The van der Waals surface area contributed by atoms with Crippen molar-refractivity contribution in [2.24, 2.45) is 0 Å². The summed E-state index contributed by atoms with van der Waals surface area (Å²) in [6.07, 6.45) is 0.101. The molecule has 0 aliphatic carbocycles. The molecule has 6 nitrogen and oxygen atoms in total. The Balaban J connectivity index is 2.03. The van der Waals surface area contributed by atoms with Gasteiger partial charge in [-0.15, -0.1) is 0 Å². The molecule has 2 rings (SSSR count). The number of nitrogens with one attached hydrogen (secondary N) is 2. The molecule has 27 heavy (non-hydrogen) atoms. The summed E-state index contributed by atoms with van der Waals surface area (Å²) >= 11 is 0. The van der Waals surface area contributed by atoms with Crippen molar-refractivity contribution in [2.75, 3.05) is 0 Å². The van der Waals surface area contributed by atoms with E-state index in [2.05, 4.69) is 10.0 Å². The Bertz CT molecular complexity index is 875. The molecule has 2 N–H and O–H groups in total. The number of amides is 1. The number of carbonyl (C=O) groups is 1. The molecule has 0 unspecified atom stereocenters. The lowest BCUT2D eigenvalue weighted by Crippen LogP contribution is -2.30. The van der Waals surface area contributed by atoms with Crippen LogP contribution < -0.4 is 14.8 Å². The number of benzene rings is 2. The second-order valence-corrected chi connectivity index (χ2v) is 8.51. The van der Waals surface area contributed by atoms with Crippen LogP contribution in [-0.4, -0.2) is 26.5 Å². The quantitative estimate of drug-likeness (QED) is 0.725. The van der Waals surface area contributed by atoms with Gasteiger partial charge in [0.15, 0.2) is 0 Å². The molecular weight excluding hydrogens is 364 g/mol. The first-order chi connectivity index (χ1) is 12.7.